The van der Waals surface area contributed by atoms with Gasteiger partial charge in [-0.15, -0.1) is 0 Å². The second-order valence-electron chi connectivity index (χ2n) is 11.2. The van der Waals surface area contributed by atoms with Crippen molar-refractivity contribution in [3.05, 3.63) is 47.2 Å². The molecule has 35 heavy (non-hydrogen) atoms. The van der Waals surface area contributed by atoms with Gasteiger partial charge in [0.2, 0.25) is 0 Å². The van der Waals surface area contributed by atoms with E-state index in [0.717, 1.165) is 95.2 Å². The quantitative estimate of drug-likeness (QED) is 0.625. The van der Waals surface area contributed by atoms with Crippen molar-refractivity contribution in [2.24, 2.45) is 0 Å². The van der Waals surface area contributed by atoms with Crippen molar-refractivity contribution in [2.45, 2.75) is 81.5 Å². The van der Waals surface area contributed by atoms with Crippen LogP contribution in [0, 0.1) is 0 Å². The van der Waals surface area contributed by atoms with Crippen LogP contribution < -0.4 is 11.1 Å². The summed E-state index contributed by atoms with van der Waals surface area (Å²) in [6.45, 7) is 3.78. The van der Waals surface area contributed by atoms with Gasteiger partial charge in [0.15, 0.2) is 0 Å². The first kappa shape index (κ1) is 23.0. The number of nitrogen functional groups attached to an aromatic ring is 1. The molecule has 3 heterocycles. The Morgan fingerprint density at radius 2 is 1.80 bits per heavy atom. The number of aliphatic hydroxyl groups is 1. The maximum Gasteiger partial charge on any atom is 0.255 e. The maximum atomic E-state index is 13.3. The molecule has 0 unspecified atom stereocenters. The third-order valence-corrected chi connectivity index (χ3v) is 9.04. The minimum Gasteiger partial charge on any atom is -0.390 e. The number of rotatable bonds is 4. The first-order valence-corrected chi connectivity index (χ1v) is 13.2. The van der Waals surface area contributed by atoms with Gasteiger partial charge in [0.05, 0.1) is 11.2 Å². The van der Waals surface area contributed by atoms with Crippen LogP contribution in [0.5, 0.6) is 0 Å². The topological polar surface area (TPSA) is 101 Å². The lowest BCUT2D eigenvalue weighted by molar-refractivity contribution is -0.0702. The second-order valence-corrected chi connectivity index (χ2v) is 11.2. The lowest BCUT2D eigenvalue weighted by atomic mass is 9.63. The summed E-state index contributed by atoms with van der Waals surface area (Å²) in [6, 6.07) is 9.12. The number of nitrogens with two attached hydrogens (primary N) is 1. The molecular weight excluding hydrogens is 440 g/mol. The third-order valence-electron chi connectivity index (χ3n) is 9.04. The number of amides is 1. The molecule has 5 aliphatic rings. The Balaban J connectivity index is 1.21. The van der Waals surface area contributed by atoms with Gasteiger partial charge in [0, 0.05) is 49.6 Å². The van der Waals surface area contributed by atoms with Gasteiger partial charge in [0.25, 0.3) is 5.91 Å². The standard InChI is InChI=1S/C28H36N4O3/c29-25-24(26(33)31-27-6-9-28(34,10-7-27)11-8-27)16-21(17-30-25)20-2-1-19-3-12-32(18-22(19)15-20)23-4-13-35-14-5-23/h1-2,15-17,23,34H,3-14,18H2,(H2,29,30)(H,31,33). The van der Waals surface area contributed by atoms with Gasteiger partial charge in [-0.3, -0.25) is 9.69 Å². The first-order chi connectivity index (χ1) is 16.9. The predicted octanol–water partition coefficient (Wildman–Crippen LogP) is 3.44. The number of fused-ring (bicyclic) bond motifs is 4. The summed E-state index contributed by atoms with van der Waals surface area (Å²) in [6.07, 6.45) is 9.75. The fraction of sp³-hybridized carbons (Fsp3) is 0.571. The minimum atomic E-state index is -0.528. The highest BCUT2D eigenvalue weighted by Crippen LogP contribution is 2.46. The molecule has 1 amide bonds. The van der Waals surface area contributed by atoms with Crippen molar-refractivity contribution in [1.82, 2.24) is 15.2 Å². The van der Waals surface area contributed by atoms with Crippen LogP contribution in [-0.4, -0.2) is 57.8 Å². The van der Waals surface area contributed by atoms with E-state index < -0.39 is 5.60 Å². The van der Waals surface area contributed by atoms with E-state index >= 15 is 0 Å². The highest BCUT2D eigenvalue weighted by Gasteiger charge is 2.48. The van der Waals surface area contributed by atoms with Crippen LogP contribution in [0.25, 0.3) is 11.1 Å². The van der Waals surface area contributed by atoms with E-state index in [0.29, 0.717) is 11.6 Å². The van der Waals surface area contributed by atoms with Crippen LogP contribution in [0.2, 0.25) is 0 Å². The number of anilines is 1. The monoisotopic (exact) mass is 476 g/mol. The highest BCUT2D eigenvalue weighted by atomic mass is 16.5. The maximum absolute atomic E-state index is 13.3. The van der Waals surface area contributed by atoms with Crippen molar-refractivity contribution >= 4 is 11.7 Å². The molecule has 3 aliphatic carbocycles. The van der Waals surface area contributed by atoms with Crippen LogP contribution in [0.3, 0.4) is 0 Å². The molecule has 4 fully saturated rings. The molecular formula is C28H36N4O3. The molecule has 0 spiro atoms. The van der Waals surface area contributed by atoms with Crippen LogP contribution in [0.15, 0.2) is 30.5 Å². The average molecular weight is 477 g/mol. The van der Waals surface area contributed by atoms with Crippen molar-refractivity contribution in [1.29, 1.82) is 0 Å². The van der Waals surface area contributed by atoms with E-state index in [2.05, 4.69) is 33.4 Å². The summed E-state index contributed by atoms with van der Waals surface area (Å²) >= 11 is 0. The Labute approximate surface area is 207 Å². The molecule has 7 heteroatoms. The van der Waals surface area contributed by atoms with E-state index in [1.165, 1.54) is 11.1 Å². The summed E-state index contributed by atoms with van der Waals surface area (Å²) < 4.78 is 5.56. The lowest BCUT2D eigenvalue weighted by Crippen LogP contribution is -2.58. The normalized spacial score (nSPS) is 29.1. The highest BCUT2D eigenvalue weighted by molar-refractivity contribution is 6.00. The minimum absolute atomic E-state index is 0.159. The number of nitrogens with zero attached hydrogens (tertiary/aromatic N) is 2. The van der Waals surface area contributed by atoms with Gasteiger partial charge in [-0.25, -0.2) is 4.98 Å². The fourth-order valence-electron chi connectivity index (χ4n) is 6.60. The number of hydrogen-bond donors (Lipinski definition) is 3. The predicted molar refractivity (Wildman–Crippen MR) is 135 cm³/mol. The Hall–Kier alpha value is -2.48. The molecule has 2 bridgehead atoms. The summed E-state index contributed by atoms with van der Waals surface area (Å²) in [5.41, 5.74) is 10.6. The van der Waals surface area contributed by atoms with E-state index in [1.807, 2.05) is 6.07 Å². The van der Waals surface area contributed by atoms with E-state index in [4.69, 9.17) is 10.5 Å². The fourth-order valence-corrected chi connectivity index (χ4v) is 6.60. The van der Waals surface area contributed by atoms with Gasteiger partial charge in [-0.2, -0.15) is 0 Å². The van der Waals surface area contributed by atoms with Crippen LogP contribution in [0.4, 0.5) is 5.82 Å². The molecule has 2 aromatic rings. The van der Waals surface area contributed by atoms with Crippen LogP contribution in [0.1, 0.15) is 72.9 Å². The molecule has 4 N–H and O–H groups in total. The molecule has 1 aromatic heterocycles. The zero-order valence-electron chi connectivity index (χ0n) is 20.4. The van der Waals surface area contributed by atoms with E-state index in [-0.39, 0.29) is 17.3 Å². The average Bonchev–Trinajstić information content (AvgIpc) is 2.90. The number of pyridine rings is 1. The van der Waals surface area contributed by atoms with Crippen molar-refractivity contribution in [3.8, 4) is 11.1 Å². The number of benzene rings is 1. The number of nitrogens with one attached hydrogen (secondary N) is 1. The largest absolute Gasteiger partial charge is 0.390 e. The van der Waals surface area contributed by atoms with Gasteiger partial charge in [0.1, 0.15) is 5.82 Å². The first-order valence-electron chi connectivity index (χ1n) is 13.2. The Kier molecular flexibility index (Phi) is 5.82. The SMILES string of the molecule is Nc1ncc(-c2ccc3c(c2)CN(C2CCOCC2)CC3)cc1C(=O)NC12CCC(O)(CC1)CC2. The molecule has 1 saturated heterocycles. The second kappa shape index (κ2) is 8.87. The Morgan fingerprint density at radius 3 is 2.54 bits per heavy atom. The summed E-state index contributed by atoms with van der Waals surface area (Å²) in [4.78, 5) is 20.3. The molecule has 0 radical (unpaired) electrons. The molecule has 2 aliphatic heterocycles. The summed E-state index contributed by atoms with van der Waals surface area (Å²) in [5, 5.41) is 13.8. The van der Waals surface area contributed by atoms with Crippen molar-refractivity contribution < 1.29 is 14.6 Å². The van der Waals surface area contributed by atoms with Gasteiger partial charge < -0.3 is 20.9 Å². The van der Waals surface area contributed by atoms with Crippen molar-refractivity contribution in [2.75, 3.05) is 25.5 Å². The Morgan fingerprint density at radius 1 is 1.06 bits per heavy atom. The zero-order valence-corrected chi connectivity index (χ0v) is 20.4. The molecule has 186 valence electrons. The number of ether oxygens (including phenoxy) is 1. The third kappa shape index (κ3) is 4.46. The summed E-state index contributed by atoms with van der Waals surface area (Å²) in [7, 11) is 0. The molecule has 7 nitrogen and oxygen atoms in total. The van der Waals surface area contributed by atoms with E-state index in [9.17, 15) is 9.90 Å². The zero-order chi connectivity index (χ0) is 24.0. The van der Waals surface area contributed by atoms with E-state index in [1.54, 1.807) is 6.20 Å². The van der Waals surface area contributed by atoms with Gasteiger partial charge in [-0.1, -0.05) is 12.1 Å². The number of hydrogen-bond acceptors (Lipinski definition) is 6. The van der Waals surface area contributed by atoms with Gasteiger partial charge >= 0.3 is 0 Å². The smallest absolute Gasteiger partial charge is 0.255 e. The number of carbonyl (C=O) groups is 1. The van der Waals surface area contributed by atoms with Crippen LogP contribution >= 0.6 is 0 Å². The summed E-state index contributed by atoms with van der Waals surface area (Å²) in [5.74, 6) is 0.0993. The Bertz CT molecular complexity index is 1100. The molecule has 1 aromatic carbocycles. The molecule has 0 atom stereocenters. The number of carbonyl (C=O) groups excluding carboxylic acids is 1. The molecule has 3 saturated carbocycles. The lowest BCUT2D eigenvalue weighted by Gasteiger charge is -2.51. The number of aromatic nitrogens is 1. The molecule has 7 rings (SSSR count). The van der Waals surface area contributed by atoms with Crippen LogP contribution in [-0.2, 0) is 17.7 Å². The van der Waals surface area contributed by atoms with Crippen molar-refractivity contribution in [3.63, 3.8) is 0 Å². The van der Waals surface area contributed by atoms with Gasteiger partial charge in [-0.05, 0) is 86.6 Å².